The van der Waals surface area contributed by atoms with Gasteiger partial charge in [-0.3, -0.25) is 4.79 Å². The van der Waals surface area contributed by atoms with Crippen LogP contribution >= 0.6 is 0 Å². The van der Waals surface area contributed by atoms with Crippen molar-refractivity contribution in [3.8, 4) is 17.2 Å². The Balaban J connectivity index is 1.41. The zero-order valence-electron chi connectivity index (χ0n) is 19.8. The number of ether oxygens (including phenoxy) is 1. The van der Waals surface area contributed by atoms with Gasteiger partial charge in [-0.1, -0.05) is 58.9 Å². The third kappa shape index (κ3) is 5.43. The van der Waals surface area contributed by atoms with E-state index in [4.69, 9.17) is 9.15 Å². The number of oxazole rings is 1. The SMILES string of the molecule is CC(C)c1ccc(OCC(=O)Nc2ccc3oc(-c4ccc(C(C)(C)C)cc4)nc3c2)cc1. The lowest BCUT2D eigenvalue weighted by Crippen LogP contribution is -2.20. The van der Waals surface area contributed by atoms with Crippen LogP contribution in [0.1, 0.15) is 51.7 Å². The van der Waals surface area contributed by atoms with Gasteiger partial charge in [-0.2, -0.15) is 0 Å². The third-order valence-corrected chi connectivity index (χ3v) is 5.59. The Kier molecular flexibility index (Phi) is 6.23. The molecular weight excluding hydrogens is 412 g/mol. The first kappa shape index (κ1) is 22.6. The van der Waals surface area contributed by atoms with Gasteiger partial charge in [0.05, 0.1) is 0 Å². The van der Waals surface area contributed by atoms with Crippen molar-refractivity contribution in [2.45, 2.75) is 46.0 Å². The Bertz CT molecular complexity index is 1250. The molecule has 0 saturated carbocycles. The van der Waals surface area contributed by atoms with E-state index in [1.165, 1.54) is 11.1 Å². The van der Waals surface area contributed by atoms with Gasteiger partial charge in [0.15, 0.2) is 12.2 Å². The van der Waals surface area contributed by atoms with Crippen LogP contribution in [-0.2, 0) is 10.2 Å². The zero-order chi connectivity index (χ0) is 23.6. The van der Waals surface area contributed by atoms with Crippen molar-refractivity contribution < 1.29 is 13.9 Å². The number of hydrogen-bond donors (Lipinski definition) is 1. The van der Waals surface area contributed by atoms with Crippen molar-refractivity contribution in [1.29, 1.82) is 0 Å². The maximum atomic E-state index is 12.4. The standard InChI is InChI=1S/C28H30N2O3/c1-18(2)19-8-13-23(14-9-19)32-17-26(31)29-22-12-15-25-24(16-22)30-27(33-25)20-6-10-21(11-7-20)28(3,4)5/h6-16,18H,17H2,1-5H3,(H,29,31). The van der Waals surface area contributed by atoms with Gasteiger partial charge in [0.25, 0.3) is 5.91 Å². The van der Waals surface area contributed by atoms with Gasteiger partial charge in [0.2, 0.25) is 5.89 Å². The lowest BCUT2D eigenvalue weighted by atomic mass is 9.87. The number of rotatable bonds is 6. The number of aromatic nitrogens is 1. The average Bonchev–Trinajstić information content (AvgIpc) is 3.21. The maximum absolute atomic E-state index is 12.4. The first-order valence-corrected chi connectivity index (χ1v) is 11.2. The molecule has 0 radical (unpaired) electrons. The molecule has 0 aliphatic rings. The normalized spacial score (nSPS) is 11.7. The number of hydrogen-bond acceptors (Lipinski definition) is 4. The second kappa shape index (κ2) is 9.10. The second-order valence-corrected chi connectivity index (χ2v) is 9.59. The smallest absolute Gasteiger partial charge is 0.262 e. The predicted octanol–water partition coefficient (Wildman–Crippen LogP) is 6.93. The molecule has 170 valence electrons. The van der Waals surface area contributed by atoms with E-state index in [0.29, 0.717) is 34.3 Å². The Hall–Kier alpha value is -3.60. The van der Waals surface area contributed by atoms with Crippen molar-refractivity contribution in [2.24, 2.45) is 0 Å². The van der Waals surface area contributed by atoms with Crippen LogP contribution in [0.2, 0.25) is 0 Å². The minimum Gasteiger partial charge on any atom is -0.484 e. The van der Waals surface area contributed by atoms with E-state index in [1.54, 1.807) is 12.1 Å². The average molecular weight is 443 g/mol. The quantitative estimate of drug-likeness (QED) is 0.351. The van der Waals surface area contributed by atoms with Crippen LogP contribution < -0.4 is 10.1 Å². The Morgan fingerprint density at radius 3 is 2.33 bits per heavy atom. The number of anilines is 1. The molecule has 4 rings (SSSR count). The molecule has 4 aromatic rings. The van der Waals surface area contributed by atoms with Gasteiger partial charge < -0.3 is 14.5 Å². The molecular formula is C28H30N2O3. The Morgan fingerprint density at radius 1 is 1.00 bits per heavy atom. The van der Waals surface area contributed by atoms with Crippen molar-refractivity contribution in [3.63, 3.8) is 0 Å². The van der Waals surface area contributed by atoms with Crippen molar-refractivity contribution in [1.82, 2.24) is 4.98 Å². The lowest BCUT2D eigenvalue weighted by Gasteiger charge is -2.18. The highest BCUT2D eigenvalue weighted by molar-refractivity contribution is 5.94. The van der Waals surface area contributed by atoms with E-state index in [1.807, 2.05) is 42.5 Å². The Morgan fingerprint density at radius 2 is 1.70 bits per heavy atom. The van der Waals surface area contributed by atoms with Gasteiger partial charge in [-0.25, -0.2) is 4.98 Å². The number of benzene rings is 3. The molecule has 1 aromatic heterocycles. The van der Waals surface area contributed by atoms with E-state index >= 15 is 0 Å². The van der Waals surface area contributed by atoms with Gasteiger partial charge in [0.1, 0.15) is 11.3 Å². The Labute approximate surface area is 194 Å². The molecule has 0 spiro atoms. The predicted molar refractivity (Wildman–Crippen MR) is 133 cm³/mol. The van der Waals surface area contributed by atoms with E-state index in [2.05, 4.69) is 57.1 Å². The molecule has 0 fully saturated rings. The molecule has 0 bridgehead atoms. The molecule has 1 heterocycles. The molecule has 1 amide bonds. The first-order chi connectivity index (χ1) is 15.7. The van der Waals surface area contributed by atoms with Gasteiger partial charge in [0, 0.05) is 11.3 Å². The summed E-state index contributed by atoms with van der Waals surface area (Å²) < 4.78 is 11.5. The lowest BCUT2D eigenvalue weighted by molar-refractivity contribution is -0.118. The van der Waals surface area contributed by atoms with Crippen LogP contribution in [0.5, 0.6) is 5.75 Å². The van der Waals surface area contributed by atoms with E-state index in [9.17, 15) is 4.79 Å². The molecule has 5 heteroatoms. The van der Waals surface area contributed by atoms with Crippen molar-refractivity contribution >= 4 is 22.7 Å². The molecule has 5 nitrogen and oxygen atoms in total. The van der Waals surface area contributed by atoms with Gasteiger partial charge in [-0.15, -0.1) is 0 Å². The van der Waals surface area contributed by atoms with Crippen molar-refractivity contribution in [2.75, 3.05) is 11.9 Å². The minimum absolute atomic E-state index is 0.0662. The summed E-state index contributed by atoms with van der Waals surface area (Å²) in [5.41, 5.74) is 5.50. The summed E-state index contributed by atoms with van der Waals surface area (Å²) in [4.78, 5) is 17.0. The fourth-order valence-electron chi connectivity index (χ4n) is 3.54. The number of carbonyl (C=O) groups excluding carboxylic acids is 1. The number of nitrogens with zero attached hydrogens (tertiary/aromatic N) is 1. The summed E-state index contributed by atoms with van der Waals surface area (Å²) in [6.07, 6.45) is 0. The topological polar surface area (TPSA) is 64.4 Å². The summed E-state index contributed by atoms with van der Waals surface area (Å²) >= 11 is 0. The van der Waals surface area contributed by atoms with Crippen molar-refractivity contribution in [3.05, 3.63) is 77.9 Å². The molecule has 3 aromatic carbocycles. The number of carbonyl (C=O) groups is 1. The van der Waals surface area contributed by atoms with E-state index in [0.717, 1.165) is 5.56 Å². The van der Waals surface area contributed by atoms with Crippen LogP contribution in [-0.4, -0.2) is 17.5 Å². The highest BCUT2D eigenvalue weighted by atomic mass is 16.5. The monoisotopic (exact) mass is 442 g/mol. The summed E-state index contributed by atoms with van der Waals surface area (Å²) in [6.45, 7) is 10.8. The molecule has 1 N–H and O–H groups in total. The van der Waals surface area contributed by atoms with Crippen LogP contribution in [0, 0.1) is 0 Å². The second-order valence-electron chi connectivity index (χ2n) is 9.59. The summed E-state index contributed by atoms with van der Waals surface area (Å²) in [6, 6.07) is 21.5. The number of amides is 1. The molecule has 33 heavy (non-hydrogen) atoms. The maximum Gasteiger partial charge on any atom is 0.262 e. The fraction of sp³-hybridized carbons (Fsp3) is 0.286. The number of fused-ring (bicyclic) bond motifs is 1. The van der Waals surface area contributed by atoms with Gasteiger partial charge >= 0.3 is 0 Å². The fourth-order valence-corrected chi connectivity index (χ4v) is 3.54. The van der Waals surface area contributed by atoms with E-state index in [-0.39, 0.29) is 17.9 Å². The minimum atomic E-state index is -0.233. The zero-order valence-corrected chi connectivity index (χ0v) is 19.8. The van der Waals surface area contributed by atoms with Crippen LogP contribution in [0.4, 0.5) is 5.69 Å². The molecule has 0 unspecified atom stereocenters. The first-order valence-electron chi connectivity index (χ1n) is 11.2. The van der Waals surface area contributed by atoms with Crippen LogP contribution in [0.25, 0.3) is 22.6 Å². The number of nitrogens with one attached hydrogen (secondary N) is 1. The molecule has 0 aliphatic heterocycles. The third-order valence-electron chi connectivity index (χ3n) is 5.59. The van der Waals surface area contributed by atoms with Crippen LogP contribution in [0.3, 0.4) is 0 Å². The molecule has 0 aliphatic carbocycles. The van der Waals surface area contributed by atoms with Gasteiger partial charge in [-0.05, 0) is 64.9 Å². The highest BCUT2D eigenvalue weighted by Gasteiger charge is 2.15. The van der Waals surface area contributed by atoms with Crippen LogP contribution in [0.15, 0.2) is 71.1 Å². The summed E-state index contributed by atoms with van der Waals surface area (Å²) in [5.74, 6) is 1.45. The summed E-state index contributed by atoms with van der Waals surface area (Å²) in [7, 11) is 0. The highest BCUT2D eigenvalue weighted by Crippen LogP contribution is 2.29. The molecule has 0 saturated heterocycles. The largest absolute Gasteiger partial charge is 0.484 e. The van der Waals surface area contributed by atoms with E-state index < -0.39 is 0 Å². The summed E-state index contributed by atoms with van der Waals surface area (Å²) in [5, 5.41) is 2.86. The molecule has 0 atom stereocenters.